The highest BCUT2D eigenvalue weighted by Crippen LogP contribution is 2.40. The topological polar surface area (TPSA) is 32.8 Å². The molecule has 124 valence electrons. The summed E-state index contributed by atoms with van der Waals surface area (Å²) >= 11 is 0. The first-order valence-electron chi connectivity index (χ1n) is 8.54. The second-order valence-electron chi connectivity index (χ2n) is 6.55. The van der Waals surface area contributed by atoms with Crippen LogP contribution in [0.25, 0.3) is 0 Å². The van der Waals surface area contributed by atoms with Gasteiger partial charge in [-0.3, -0.25) is 0 Å². The molecule has 2 fully saturated rings. The van der Waals surface area contributed by atoms with E-state index in [1.54, 1.807) is 0 Å². The molecule has 4 heteroatoms. The number of fused-ring (bicyclic) bond motifs is 1. The number of hydrogen-bond donors (Lipinski definition) is 0. The highest BCUT2D eigenvalue weighted by atomic mass is 16.5. The van der Waals surface area contributed by atoms with Crippen LogP contribution in [-0.2, 0) is 4.74 Å². The van der Waals surface area contributed by atoms with E-state index >= 15 is 0 Å². The summed E-state index contributed by atoms with van der Waals surface area (Å²) in [7, 11) is 0. The van der Waals surface area contributed by atoms with Gasteiger partial charge in [0.1, 0.15) is 0 Å². The first kappa shape index (κ1) is 15.1. The van der Waals surface area contributed by atoms with Gasteiger partial charge >= 0.3 is 5.97 Å². The van der Waals surface area contributed by atoms with Gasteiger partial charge < -0.3 is 14.5 Å². The van der Waals surface area contributed by atoms with Crippen LogP contribution in [0.3, 0.4) is 0 Å². The molecule has 0 aromatic heterocycles. The molecule has 1 unspecified atom stereocenters. The van der Waals surface area contributed by atoms with E-state index in [0.717, 1.165) is 13.1 Å². The summed E-state index contributed by atoms with van der Waals surface area (Å²) in [6.45, 7) is 6.47. The number of aryl methyl sites for hydroxylation is 1. The molecule has 0 bridgehead atoms. The number of ether oxygens (including phenoxy) is 1. The van der Waals surface area contributed by atoms with E-state index in [9.17, 15) is 4.79 Å². The second-order valence-corrected chi connectivity index (χ2v) is 6.55. The van der Waals surface area contributed by atoms with Crippen LogP contribution in [0.4, 0.5) is 11.4 Å². The van der Waals surface area contributed by atoms with Crippen molar-refractivity contribution in [2.45, 2.75) is 25.9 Å². The maximum Gasteiger partial charge on any atom is 0.338 e. The summed E-state index contributed by atoms with van der Waals surface area (Å²) in [5.74, 6) is -0.250. The number of esters is 1. The Kier molecular flexibility index (Phi) is 3.68. The summed E-state index contributed by atoms with van der Waals surface area (Å²) in [5.41, 5.74) is 4.44. The molecule has 2 aromatic carbocycles. The SMILES string of the molecule is CCOC(=O)c1ccc(N2CC3[C@@H]2CN3c2cccc(C)c2)cc1. The average molecular weight is 322 g/mol. The fraction of sp³-hybridized carbons (Fsp3) is 0.350. The van der Waals surface area contributed by atoms with Gasteiger partial charge in [-0.2, -0.15) is 0 Å². The number of piperazine rings is 1. The van der Waals surface area contributed by atoms with E-state index < -0.39 is 0 Å². The minimum Gasteiger partial charge on any atom is -0.462 e. The quantitative estimate of drug-likeness (QED) is 0.809. The Morgan fingerprint density at radius 3 is 2.29 bits per heavy atom. The molecular weight excluding hydrogens is 300 g/mol. The number of carbonyl (C=O) groups excluding carboxylic acids is 1. The fourth-order valence-electron chi connectivity index (χ4n) is 3.66. The summed E-state index contributed by atoms with van der Waals surface area (Å²) in [6.07, 6.45) is 0. The molecule has 0 saturated carbocycles. The molecular formula is C20H22N2O2. The highest BCUT2D eigenvalue weighted by molar-refractivity contribution is 5.89. The smallest absolute Gasteiger partial charge is 0.338 e. The minimum atomic E-state index is -0.250. The van der Waals surface area contributed by atoms with E-state index in [1.165, 1.54) is 16.9 Å². The number of carbonyl (C=O) groups is 1. The zero-order chi connectivity index (χ0) is 16.7. The Balaban J connectivity index is 1.40. The Labute approximate surface area is 142 Å². The molecule has 2 saturated heterocycles. The van der Waals surface area contributed by atoms with Crippen LogP contribution < -0.4 is 9.80 Å². The molecule has 2 aliphatic heterocycles. The van der Waals surface area contributed by atoms with Gasteiger partial charge in [-0.05, 0) is 55.8 Å². The van der Waals surface area contributed by atoms with Crippen LogP contribution in [-0.4, -0.2) is 37.7 Å². The van der Waals surface area contributed by atoms with Crippen LogP contribution >= 0.6 is 0 Å². The Hall–Kier alpha value is -2.49. The zero-order valence-corrected chi connectivity index (χ0v) is 14.1. The predicted molar refractivity (Wildman–Crippen MR) is 95.8 cm³/mol. The van der Waals surface area contributed by atoms with Crippen molar-refractivity contribution >= 4 is 17.3 Å². The number of rotatable bonds is 4. The normalized spacial score (nSPS) is 21.6. The van der Waals surface area contributed by atoms with Crippen molar-refractivity contribution in [1.29, 1.82) is 0 Å². The van der Waals surface area contributed by atoms with Gasteiger partial charge in [0.25, 0.3) is 0 Å². The third-order valence-electron chi connectivity index (χ3n) is 5.06. The number of hydrogen-bond acceptors (Lipinski definition) is 4. The monoisotopic (exact) mass is 322 g/mol. The van der Waals surface area contributed by atoms with Crippen molar-refractivity contribution in [3.8, 4) is 0 Å². The van der Waals surface area contributed by atoms with E-state index in [0.29, 0.717) is 24.3 Å². The lowest BCUT2D eigenvalue weighted by atomic mass is 9.84. The fourth-order valence-corrected chi connectivity index (χ4v) is 3.66. The van der Waals surface area contributed by atoms with Crippen molar-refractivity contribution < 1.29 is 9.53 Å². The highest BCUT2D eigenvalue weighted by Gasteiger charge is 2.51. The lowest BCUT2D eigenvalue weighted by Gasteiger charge is -2.63. The third-order valence-corrected chi connectivity index (χ3v) is 5.06. The Morgan fingerprint density at radius 1 is 1.04 bits per heavy atom. The maximum absolute atomic E-state index is 11.7. The van der Waals surface area contributed by atoms with Crippen molar-refractivity contribution in [3.63, 3.8) is 0 Å². The molecule has 2 aliphatic rings. The van der Waals surface area contributed by atoms with Crippen LogP contribution in [0, 0.1) is 6.92 Å². The minimum absolute atomic E-state index is 0.250. The standard InChI is InChI=1S/C20H22N2O2/c1-3-24-20(23)15-7-9-16(10-8-15)21-12-19-18(21)13-22(19)17-6-4-5-14(2)11-17/h4-11,18-19H,3,12-13H2,1-2H3/t18-,19?/m0/s1. The summed E-state index contributed by atoms with van der Waals surface area (Å²) in [6, 6.07) is 17.7. The van der Waals surface area contributed by atoms with E-state index in [4.69, 9.17) is 4.74 Å². The molecule has 2 heterocycles. The Morgan fingerprint density at radius 2 is 1.71 bits per heavy atom. The summed E-state index contributed by atoms with van der Waals surface area (Å²) < 4.78 is 5.03. The third kappa shape index (κ3) is 2.42. The van der Waals surface area contributed by atoms with Gasteiger partial charge in [0.15, 0.2) is 0 Å². The van der Waals surface area contributed by atoms with Gasteiger partial charge in [0, 0.05) is 24.5 Å². The largest absolute Gasteiger partial charge is 0.462 e. The van der Waals surface area contributed by atoms with Crippen molar-refractivity contribution in [2.24, 2.45) is 0 Å². The van der Waals surface area contributed by atoms with Crippen LogP contribution in [0.2, 0.25) is 0 Å². The molecule has 0 aliphatic carbocycles. The molecule has 0 N–H and O–H groups in total. The molecule has 2 atom stereocenters. The van der Waals surface area contributed by atoms with Gasteiger partial charge in [-0.1, -0.05) is 12.1 Å². The van der Waals surface area contributed by atoms with Crippen LogP contribution in [0.15, 0.2) is 48.5 Å². The van der Waals surface area contributed by atoms with E-state index in [2.05, 4.69) is 41.0 Å². The van der Waals surface area contributed by atoms with E-state index in [1.807, 2.05) is 31.2 Å². The molecule has 0 amide bonds. The number of nitrogens with zero attached hydrogens (tertiary/aromatic N) is 2. The summed E-state index contributed by atoms with van der Waals surface area (Å²) in [4.78, 5) is 16.6. The predicted octanol–water partition coefficient (Wildman–Crippen LogP) is 3.25. The molecule has 24 heavy (non-hydrogen) atoms. The van der Waals surface area contributed by atoms with Gasteiger partial charge in [-0.25, -0.2) is 4.79 Å². The van der Waals surface area contributed by atoms with E-state index in [-0.39, 0.29) is 5.97 Å². The molecule has 4 nitrogen and oxygen atoms in total. The van der Waals surface area contributed by atoms with Crippen molar-refractivity contribution in [2.75, 3.05) is 29.5 Å². The zero-order valence-electron chi connectivity index (χ0n) is 14.1. The average Bonchev–Trinajstić information content (AvgIpc) is 2.57. The van der Waals surface area contributed by atoms with Crippen molar-refractivity contribution in [1.82, 2.24) is 0 Å². The van der Waals surface area contributed by atoms with Gasteiger partial charge in [-0.15, -0.1) is 0 Å². The Bertz CT molecular complexity index is 756. The van der Waals surface area contributed by atoms with Gasteiger partial charge in [0.05, 0.1) is 24.3 Å². The first-order valence-corrected chi connectivity index (χ1v) is 8.54. The summed E-state index contributed by atoms with van der Waals surface area (Å²) in [5, 5.41) is 0. The number of anilines is 2. The van der Waals surface area contributed by atoms with Crippen LogP contribution in [0.1, 0.15) is 22.8 Å². The second kappa shape index (κ2) is 5.86. The van der Waals surface area contributed by atoms with Gasteiger partial charge in [0.2, 0.25) is 0 Å². The van der Waals surface area contributed by atoms with Crippen molar-refractivity contribution in [3.05, 3.63) is 59.7 Å². The molecule has 4 rings (SSSR count). The lowest BCUT2D eigenvalue weighted by molar-refractivity contribution is 0.0526. The lowest BCUT2D eigenvalue weighted by Crippen LogP contribution is -2.79. The first-order chi connectivity index (χ1) is 11.7. The molecule has 2 aromatic rings. The molecule has 0 radical (unpaired) electrons. The molecule has 0 spiro atoms. The maximum atomic E-state index is 11.7. The number of benzene rings is 2. The van der Waals surface area contributed by atoms with Crippen LogP contribution in [0.5, 0.6) is 0 Å².